The van der Waals surface area contributed by atoms with E-state index < -0.39 is 0 Å². The number of hydrogen-bond acceptors (Lipinski definition) is 3. The Morgan fingerprint density at radius 2 is 2.00 bits per heavy atom. The summed E-state index contributed by atoms with van der Waals surface area (Å²) in [7, 11) is 0. The third-order valence-electron chi connectivity index (χ3n) is 3.57. The topological polar surface area (TPSA) is 45.6 Å². The molecule has 0 bridgehead atoms. The fourth-order valence-corrected chi connectivity index (χ4v) is 2.65. The zero-order valence-electron chi connectivity index (χ0n) is 12.8. The molecule has 0 aliphatic heterocycles. The van der Waals surface area contributed by atoms with Crippen LogP contribution in [-0.2, 0) is 0 Å². The lowest BCUT2D eigenvalue weighted by Crippen LogP contribution is -2.40. The molecule has 22 heavy (non-hydrogen) atoms. The number of benzene rings is 1. The SMILES string of the molecule is C=CCOc1ccc(/C=N/NC(=S)NC2CCCCC2)cc1. The molecule has 1 saturated carbocycles. The van der Waals surface area contributed by atoms with Crippen molar-refractivity contribution in [2.45, 2.75) is 38.1 Å². The molecule has 118 valence electrons. The molecule has 5 heteroatoms. The lowest BCUT2D eigenvalue weighted by molar-refractivity contribution is 0.363. The average Bonchev–Trinajstić information content (AvgIpc) is 2.55. The molecule has 1 aromatic carbocycles. The highest BCUT2D eigenvalue weighted by atomic mass is 32.1. The van der Waals surface area contributed by atoms with Gasteiger partial charge in [0.15, 0.2) is 5.11 Å². The summed E-state index contributed by atoms with van der Waals surface area (Å²) in [5.41, 5.74) is 3.86. The summed E-state index contributed by atoms with van der Waals surface area (Å²) < 4.78 is 5.43. The number of ether oxygens (including phenoxy) is 1. The highest BCUT2D eigenvalue weighted by Crippen LogP contribution is 2.17. The van der Waals surface area contributed by atoms with E-state index in [2.05, 4.69) is 22.4 Å². The first kappa shape index (κ1) is 16.5. The van der Waals surface area contributed by atoms with E-state index in [1.54, 1.807) is 12.3 Å². The van der Waals surface area contributed by atoms with Gasteiger partial charge in [0.05, 0.1) is 6.21 Å². The van der Waals surface area contributed by atoms with E-state index in [0.717, 1.165) is 11.3 Å². The number of nitrogens with one attached hydrogen (secondary N) is 2. The molecule has 0 heterocycles. The lowest BCUT2D eigenvalue weighted by atomic mass is 9.96. The van der Waals surface area contributed by atoms with Crippen molar-refractivity contribution in [1.29, 1.82) is 0 Å². The van der Waals surface area contributed by atoms with Crippen LogP contribution >= 0.6 is 12.2 Å². The normalized spacial score (nSPS) is 15.5. The minimum atomic E-state index is 0.491. The summed E-state index contributed by atoms with van der Waals surface area (Å²) in [5.74, 6) is 0.819. The van der Waals surface area contributed by atoms with Crippen molar-refractivity contribution in [2.24, 2.45) is 5.10 Å². The quantitative estimate of drug-likeness (QED) is 0.365. The highest BCUT2D eigenvalue weighted by molar-refractivity contribution is 7.80. The molecule has 0 radical (unpaired) electrons. The van der Waals surface area contributed by atoms with Crippen LogP contribution in [0.5, 0.6) is 5.75 Å². The fourth-order valence-electron chi connectivity index (χ4n) is 2.44. The van der Waals surface area contributed by atoms with Gasteiger partial charge >= 0.3 is 0 Å². The predicted molar refractivity (Wildman–Crippen MR) is 95.5 cm³/mol. The Labute approximate surface area is 137 Å². The Morgan fingerprint density at radius 1 is 1.27 bits per heavy atom. The third kappa shape index (κ3) is 5.85. The second kappa shape index (κ2) is 9.20. The monoisotopic (exact) mass is 317 g/mol. The van der Waals surface area contributed by atoms with Crippen LogP contribution in [0.25, 0.3) is 0 Å². The maximum atomic E-state index is 5.43. The predicted octanol–water partition coefficient (Wildman–Crippen LogP) is 3.38. The second-order valence-electron chi connectivity index (χ2n) is 5.35. The van der Waals surface area contributed by atoms with Crippen molar-refractivity contribution >= 4 is 23.5 Å². The van der Waals surface area contributed by atoms with E-state index in [1.165, 1.54) is 32.1 Å². The molecule has 1 aromatic rings. The average molecular weight is 317 g/mol. The van der Waals surface area contributed by atoms with Crippen LogP contribution in [0.3, 0.4) is 0 Å². The second-order valence-corrected chi connectivity index (χ2v) is 5.76. The van der Waals surface area contributed by atoms with Crippen LogP contribution in [0.1, 0.15) is 37.7 Å². The maximum absolute atomic E-state index is 5.43. The van der Waals surface area contributed by atoms with Crippen molar-refractivity contribution in [3.05, 3.63) is 42.5 Å². The Balaban J connectivity index is 1.74. The standard InChI is InChI=1S/C17H23N3OS/c1-2-12-21-16-10-8-14(9-11-16)13-18-20-17(22)19-15-6-4-3-5-7-15/h2,8-11,13,15H,1,3-7,12H2,(H2,19,20,22)/b18-13+. The fraction of sp³-hybridized carbons (Fsp3) is 0.412. The maximum Gasteiger partial charge on any atom is 0.187 e. The van der Waals surface area contributed by atoms with E-state index in [-0.39, 0.29) is 0 Å². The smallest absolute Gasteiger partial charge is 0.187 e. The van der Waals surface area contributed by atoms with Gasteiger partial charge < -0.3 is 10.1 Å². The number of nitrogens with zero attached hydrogens (tertiary/aromatic N) is 1. The summed E-state index contributed by atoms with van der Waals surface area (Å²) >= 11 is 5.25. The van der Waals surface area contributed by atoms with E-state index in [4.69, 9.17) is 17.0 Å². The molecule has 0 amide bonds. The van der Waals surface area contributed by atoms with Gasteiger partial charge in [-0.3, -0.25) is 5.43 Å². The van der Waals surface area contributed by atoms with E-state index in [1.807, 2.05) is 24.3 Å². The van der Waals surface area contributed by atoms with Crippen molar-refractivity contribution in [1.82, 2.24) is 10.7 Å². The number of rotatable bonds is 6. The summed E-state index contributed by atoms with van der Waals surface area (Å²) in [6.07, 6.45) is 9.75. The molecule has 0 saturated heterocycles. The van der Waals surface area contributed by atoms with Gasteiger partial charge in [0.2, 0.25) is 0 Å². The van der Waals surface area contributed by atoms with Crippen LogP contribution in [0.2, 0.25) is 0 Å². The van der Waals surface area contributed by atoms with Gasteiger partial charge in [-0.15, -0.1) is 0 Å². The summed E-state index contributed by atoms with van der Waals surface area (Å²) in [6.45, 7) is 4.13. The largest absolute Gasteiger partial charge is 0.490 e. The Bertz CT molecular complexity index is 507. The van der Waals surface area contributed by atoms with E-state index >= 15 is 0 Å². The van der Waals surface area contributed by atoms with Crippen LogP contribution in [0, 0.1) is 0 Å². The highest BCUT2D eigenvalue weighted by Gasteiger charge is 2.13. The minimum absolute atomic E-state index is 0.491. The van der Waals surface area contributed by atoms with Crippen LogP contribution in [-0.4, -0.2) is 24.0 Å². The summed E-state index contributed by atoms with van der Waals surface area (Å²) in [5, 5.41) is 8.07. The zero-order valence-corrected chi connectivity index (χ0v) is 13.6. The van der Waals surface area contributed by atoms with Gasteiger partial charge in [0, 0.05) is 6.04 Å². The van der Waals surface area contributed by atoms with Crippen LogP contribution < -0.4 is 15.5 Å². The molecule has 1 fully saturated rings. The first-order valence-electron chi connectivity index (χ1n) is 7.71. The molecule has 4 nitrogen and oxygen atoms in total. The molecule has 0 unspecified atom stereocenters. The van der Waals surface area contributed by atoms with Crippen molar-refractivity contribution in [3.63, 3.8) is 0 Å². The minimum Gasteiger partial charge on any atom is -0.490 e. The van der Waals surface area contributed by atoms with Gasteiger partial charge in [-0.25, -0.2) is 0 Å². The molecule has 1 aliphatic carbocycles. The first-order chi connectivity index (χ1) is 10.8. The van der Waals surface area contributed by atoms with Crippen LogP contribution in [0.15, 0.2) is 42.0 Å². The molecular weight excluding hydrogens is 294 g/mol. The number of thiocarbonyl (C=S) groups is 1. The molecule has 2 N–H and O–H groups in total. The van der Waals surface area contributed by atoms with E-state index in [9.17, 15) is 0 Å². The lowest BCUT2D eigenvalue weighted by Gasteiger charge is -2.23. The molecule has 0 spiro atoms. The third-order valence-corrected chi connectivity index (χ3v) is 3.78. The van der Waals surface area contributed by atoms with Gasteiger partial charge in [-0.2, -0.15) is 5.10 Å². The zero-order chi connectivity index (χ0) is 15.6. The Hall–Kier alpha value is -1.88. The summed E-state index contributed by atoms with van der Waals surface area (Å²) in [6, 6.07) is 8.19. The number of hydrazone groups is 1. The molecule has 0 atom stereocenters. The van der Waals surface area contributed by atoms with Crippen molar-refractivity contribution in [2.75, 3.05) is 6.61 Å². The first-order valence-corrected chi connectivity index (χ1v) is 8.12. The molecule has 1 aliphatic rings. The van der Waals surface area contributed by atoms with Gasteiger partial charge in [-0.1, -0.05) is 31.9 Å². The van der Waals surface area contributed by atoms with Gasteiger partial charge in [0.25, 0.3) is 0 Å². The van der Waals surface area contributed by atoms with Gasteiger partial charge in [-0.05, 0) is 54.9 Å². The van der Waals surface area contributed by atoms with E-state index in [0.29, 0.717) is 17.8 Å². The molecule has 0 aromatic heterocycles. The van der Waals surface area contributed by atoms with Crippen molar-refractivity contribution < 1.29 is 4.74 Å². The Morgan fingerprint density at radius 3 is 2.68 bits per heavy atom. The molecular formula is C17H23N3OS. The summed E-state index contributed by atoms with van der Waals surface area (Å²) in [4.78, 5) is 0. The Kier molecular flexibility index (Phi) is 6.90. The van der Waals surface area contributed by atoms with Crippen molar-refractivity contribution in [3.8, 4) is 5.75 Å². The molecule has 2 rings (SSSR count). The number of hydrogen-bond donors (Lipinski definition) is 2. The van der Waals surface area contributed by atoms with Gasteiger partial charge in [0.1, 0.15) is 12.4 Å². The van der Waals surface area contributed by atoms with Crippen LogP contribution in [0.4, 0.5) is 0 Å².